The van der Waals surface area contributed by atoms with Gasteiger partial charge in [-0.25, -0.2) is 14.4 Å². The van der Waals surface area contributed by atoms with Crippen molar-refractivity contribution in [1.29, 1.82) is 0 Å². The molecule has 2 aromatic carbocycles. The smallest absolute Gasteiger partial charge is 0.274 e. The first-order valence-electron chi connectivity index (χ1n) is 9.13. The fourth-order valence-corrected chi connectivity index (χ4v) is 2.75. The van der Waals surface area contributed by atoms with Crippen LogP contribution in [0.4, 0.5) is 16.0 Å². The molecule has 0 atom stereocenters. The van der Waals surface area contributed by atoms with E-state index in [9.17, 15) is 9.18 Å². The van der Waals surface area contributed by atoms with Gasteiger partial charge in [-0.3, -0.25) is 4.79 Å². The Bertz CT molecular complexity index is 986. The standard InChI is InChI=1S/C22H23FN4O/c1-14-4-9-19(12-15(14)2)26-21(28)20-13-16(3)25-22(27-20)24-11-10-17-5-7-18(23)8-6-17/h4-9,12-13H,10-11H2,1-3H3,(H,26,28)(H,24,25,27). The van der Waals surface area contributed by atoms with E-state index < -0.39 is 0 Å². The second-order valence-corrected chi connectivity index (χ2v) is 6.77. The van der Waals surface area contributed by atoms with Crippen molar-refractivity contribution < 1.29 is 9.18 Å². The van der Waals surface area contributed by atoms with Crippen molar-refractivity contribution in [3.05, 3.63) is 82.4 Å². The van der Waals surface area contributed by atoms with Crippen molar-refractivity contribution in [2.75, 3.05) is 17.2 Å². The SMILES string of the molecule is Cc1cc(C(=O)Nc2ccc(C)c(C)c2)nc(NCCc2ccc(F)cc2)n1. The number of carbonyl (C=O) groups excluding carboxylic acids is 1. The molecule has 0 saturated heterocycles. The maximum Gasteiger partial charge on any atom is 0.274 e. The summed E-state index contributed by atoms with van der Waals surface area (Å²) < 4.78 is 13.0. The van der Waals surface area contributed by atoms with Crippen molar-refractivity contribution in [1.82, 2.24) is 9.97 Å². The number of nitrogens with one attached hydrogen (secondary N) is 2. The Morgan fingerprint density at radius 3 is 2.43 bits per heavy atom. The first kappa shape index (κ1) is 19.5. The van der Waals surface area contributed by atoms with Crippen LogP contribution in [0.5, 0.6) is 0 Å². The fourth-order valence-electron chi connectivity index (χ4n) is 2.75. The predicted octanol–water partition coefficient (Wildman–Crippen LogP) is 4.45. The number of anilines is 2. The van der Waals surface area contributed by atoms with Crippen LogP contribution in [0.2, 0.25) is 0 Å². The summed E-state index contributed by atoms with van der Waals surface area (Å²) in [5.74, 6) is -0.138. The number of nitrogens with zero attached hydrogens (tertiary/aromatic N) is 2. The molecule has 0 aliphatic carbocycles. The monoisotopic (exact) mass is 378 g/mol. The van der Waals surface area contributed by atoms with Gasteiger partial charge >= 0.3 is 0 Å². The molecule has 1 amide bonds. The lowest BCUT2D eigenvalue weighted by Gasteiger charge is -2.10. The first-order chi connectivity index (χ1) is 13.4. The molecule has 0 spiro atoms. The van der Waals surface area contributed by atoms with E-state index in [1.165, 1.54) is 17.7 Å². The molecular weight excluding hydrogens is 355 g/mol. The van der Waals surface area contributed by atoms with Gasteiger partial charge in [-0.15, -0.1) is 0 Å². The van der Waals surface area contributed by atoms with Gasteiger partial charge in [-0.05, 0) is 74.2 Å². The largest absolute Gasteiger partial charge is 0.354 e. The summed E-state index contributed by atoms with van der Waals surface area (Å²) in [6.07, 6.45) is 0.696. The number of hydrogen-bond donors (Lipinski definition) is 2. The van der Waals surface area contributed by atoms with E-state index in [2.05, 4.69) is 20.6 Å². The summed E-state index contributed by atoms with van der Waals surface area (Å²) in [4.78, 5) is 21.2. The Hall–Kier alpha value is -3.28. The van der Waals surface area contributed by atoms with E-state index in [-0.39, 0.29) is 11.7 Å². The zero-order valence-electron chi connectivity index (χ0n) is 16.2. The van der Waals surface area contributed by atoms with Gasteiger partial charge in [0.05, 0.1) is 0 Å². The van der Waals surface area contributed by atoms with Crippen LogP contribution in [-0.2, 0) is 6.42 Å². The molecule has 0 unspecified atom stereocenters. The highest BCUT2D eigenvalue weighted by Gasteiger charge is 2.11. The number of carbonyl (C=O) groups is 1. The molecule has 6 heteroatoms. The molecule has 3 rings (SSSR count). The van der Waals surface area contributed by atoms with Gasteiger partial charge < -0.3 is 10.6 Å². The van der Waals surface area contributed by atoms with Gasteiger partial charge in [0.2, 0.25) is 5.95 Å². The van der Waals surface area contributed by atoms with Crippen LogP contribution in [0.25, 0.3) is 0 Å². The number of halogens is 1. The van der Waals surface area contributed by atoms with E-state index in [0.29, 0.717) is 30.3 Å². The molecule has 3 aromatic rings. The van der Waals surface area contributed by atoms with E-state index in [1.807, 2.05) is 39.0 Å². The van der Waals surface area contributed by atoms with Crippen molar-refractivity contribution in [3.63, 3.8) is 0 Å². The van der Waals surface area contributed by atoms with Crippen LogP contribution in [0.15, 0.2) is 48.5 Å². The highest BCUT2D eigenvalue weighted by atomic mass is 19.1. The molecule has 1 aromatic heterocycles. The Morgan fingerprint density at radius 2 is 1.71 bits per heavy atom. The molecule has 1 heterocycles. The zero-order valence-corrected chi connectivity index (χ0v) is 16.2. The summed E-state index contributed by atoms with van der Waals surface area (Å²) in [6.45, 7) is 6.43. The number of amides is 1. The summed E-state index contributed by atoms with van der Waals surface area (Å²) in [6, 6.07) is 13.8. The third-order valence-corrected chi connectivity index (χ3v) is 4.46. The van der Waals surface area contributed by atoms with Crippen LogP contribution >= 0.6 is 0 Å². The van der Waals surface area contributed by atoms with Gasteiger partial charge in [-0.2, -0.15) is 0 Å². The third kappa shape index (κ3) is 5.13. The van der Waals surface area contributed by atoms with Crippen LogP contribution in [0, 0.1) is 26.6 Å². The number of hydrogen-bond acceptors (Lipinski definition) is 4. The first-order valence-corrected chi connectivity index (χ1v) is 9.13. The third-order valence-electron chi connectivity index (χ3n) is 4.46. The Labute approximate surface area is 164 Å². The average Bonchev–Trinajstić information content (AvgIpc) is 2.66. The highest BCUT2D eigenvalue weighted by molar-refractivity contribution is 6.03. The number of aromatic nitrogens is 2. The number of aryl methyl sites for hydroxylation is 3. The highest BCUT2D eigenvalue weighted by Crippen LogP contribution is 2.15. The molecule has 2 N–H and O–H groups in total. The van der Waals surface area contributed by atoms with Gasteiger partial charge in [0.1, 0.15) is 11.5 Å². The lowest BCUT2D eigenvalue weighted by Crippen LogP contribution is -2.17. The fraction of sp³-hybridized carbons (Fsp3) is 0.227. The van der Waals surface area contributed by atoms with Crippen LogP contribution < -0.4 is 10.6 Å². The van der Waals surface area contributed by atoms with Crippen molar-refractivity contribution >= 4 is 17.5 Å². The average molecular weight is 378 g/mol. The normalized spacial score (nSPS) is 10.6. The summed E-state index contributed by atoms with van der Waals surface area (Å²) in [5.41, 5.74) is 5.02. The lowest BCUT2D eigenvalue weighted by atomic mass is 10.1. The molecule has 5 nitrogen and oxygen atoms in total. The lowest BCUT2D eigenvalue weighted by molar-refractivity contribution is 0.102. The summed E-state index contributed by atoms with van der Waals surface area (Å²) in [5, 5.41) is 6.00. The van der Waals surface area contributed by atoms with E-state index in [4.69, 9.17) is 0 Å². The van der Waals surface area contributed by atoms with E-state index in [1.54, 1.807) is 18.2 Å². The zero-order chi connectivity index (χ0) is 20.1. The molecule has 28 heavy (non-hydrogen) atoms. The molecular formula is C22H23FN4O. The van der Waals surface area contributed by atoms with Gasteiger partial charge in [0.15, 0.2) is 0 Å². The van der Waals surface area contributed by atoms with Crippen LogP contribution in [0.3, 0.4) is 0 Å². The molecule has 0 saturated carbocycles. The van der Waals surface area contributed by atoms with Crippen molar-refractivity contribution in [3.8, 4) is 0 Å². The molecule has 0 aliphatic heterocycles. The summed E-state index contributed by atoms with van der Waals surface area (Å²) >= 11 is 0. The van der Waals surface area contributed by atoms with Crippen LogP contribution in [0.1, 0.15) is 32.9 Å². The molecule has 0 fully saturated rings. The molecule has 0 aliphatic rings. The minimum atomic E-state index is -0.282. The number of rotatable bonds is 6. The van der Waals surface area contributed by atoms with Crippen molar-refractivity contribution in [2.45, 2.75) is 27.2 Å². The molecule has 144 valence electrons. The van der Waals surface area contributed by atoms with Gasteiger partial charge in [-0.1, -0.05) is 18.2 Å². The maximum atomic E-state index is 13.0. The quantitative estimate of drug-likeness (QED) is 0.665. The minimum Gasteiger partial charge on any atom is -0.354 e. The number of benzene rings is 2. The molecule has 0 bridgehead atoms. The van der Waals surface area contributed by atoms with Gasteiger partial charge in [0.25, 0.3) is 5.91 Å². The van der Waals surface area contributed by atoms with E-state index >= 15 is 0 Å². The second kappa shape index (κ2) is 8.61. The van der Waals surface area contributed by atoms with E-state index in [0.717, 1.165) is 16.8 Å². The Morgan fingerprint density at radius 1 is 0.964 bits per heavy atom. The summed E-state index contributed by atoms with van der Waals surface area (Å²) in [7, 11) is 0. The molecule has 0 radical (unpaired) electrons. The topological polar surface area (TPSA) is 66.9 Å². The predicted molar refractivity (Wildman–Crippen MR) is 109 cm³/mol. The van der Waals surface area contributed by atoms with Gasteiger partial charge in [0, 0.05) is 17.9 Å². The Kier molecular flexibility index (Phi) is 5.99. The second-order valence-electron chi connectivity index (χ2n) is 6.77. The van der Waals surface area contributed by atoms with Crippen molar-refractivity contribution in [2.24, 2.45) is 0 Å². The Balaban J connectivity index is 1.65. The maximum absolute atomic E-state index is 13.0. The minimum absolute atomic E-state index is 0.252. The van der Waals surface area contributed by atoms with Crippen LogP contribution in [-0.4, -0.2) is 22.4 Å².